The maximum Gasteiger partial charge on any atom is 0.306 e. The summed E-state index contributed by atoms with van der Waals surface area (Å²) in [5.74, 6) is -0.867. The molecule has 27 heavy (non-hydrogen) atoms. The lowest BCUT2D eigenvalue weighted by Crippen LogP contribution is -2.27. The number of carboxylic acids is 1. The molecule has 2 aromatic carbocycles. The third kappa shape index (κ3) is 4.69. The van der Waals surface area contributed by atoms with Gasteiger partial charge in [-0.25, -0.2) is 4.90 Å². The Labute approximate surface area is 164 Å². The lowest BCUT2D eigenvalue weighted by molar-refractivity contribution is -0.137. The van der Waals surface area contributed by atoms with Gasteiger partial charge >= 0.3 is 5.97 Å². The number of benzene rings is 2. The number of hydrogen-bond acceptors (Lipinski definition) is 5. The van der Waals surface area contributed by atoms with Gasteiger partial charge in [-0.15, -0.1) is 0 Å². The van der Waals surface area contributed by atoms with Gasteiger partial charge in [0.2, 0.25) is 0 Å². The van der Waals surface area contributed by atoms with E-state index >= 15 is 0 Å². The molecule has 3 rings (SSSR count). The predicted octanol–water partition coefficient (Wildman–Crippen LogP) is 4.43. The van der Waals surface area contributed by atoms with Crippen LogP contribution in [0.2, 0.25) is 5.02 Å². The normalized spacial score (nSPS) is 15.4. The summed E-state index contributed by atoms with van der Waals surface area (Å²) in [6, 6.07) is 13.3. The second kappa shape index (κ2) is 8.28. The molecule has 0 aromatic heterocycles. The van der Waals surface area contributed by atoms with Crippen LogP contribution in [0.15, 0.2) is 53.4 Å². The molecule has 8 heteroatoms. The third-order valence-electron chi connectivity index (χ3n) is 3.62. The van der Waals surface area contributed by atoms with Gasteiger partial charge in [0.1, 0.15) is 5.75 Å². The average Bonchev–Trinajstić information content (AvgIpc) is 2.89. The highest BCUT2D eigenvalue weighted by atomic mass is 35.5. The van der Waals surface area contributed by atoms with Gasteiger partial charge in [0, 0.05) is 5.02 Å². The minimum Gasteiger partial charge on any atom is -0.493 e. The molecule has 0 spiro atoms. The van der Waals surface area contributed by atoms with Crippen LogP contribution in [0.1, 0.15) is 12.0 Å². The first kappa shape index (κ1) is 19.0. The number of aliphatic carboxylic acids is 1. The topological polar surface area (TPSA) is 83.9 Å². The summed E-state index contributed by atoms with van der Waals surface area (Å²) in [4.78, 5) is 36.8. The van der Waals surface area contributed by atoms with Crippen molar-refractivity contribution in [3.63, 3.8) is 0 Å². The zero-order valence-electron chi connectivity index (χ0n) is 13.9. The number of carbonyl (C=O) groups excluding carboxylic acids is 2. The lowest BCUT2D eigenvalue weighted by Gasteiger charge is -2.12. The van der Waals surface area contributed by atoms with E-state index in [-0.39, 0.29) is 23.2 Å². The predicted molar refractivity (Wildman–Crippen MR) is 104 cm³/mol. The molecule has 0 bridgehead atoms. The Morgan fingerprint density at radius 2 is 1.93 bits per heavy atom. The Hall–Kier alpha value is -2.77. The number of nitrogens with zero attached hydrogens (tertiary/aromatic N) is 1. The van der Waals surface area contributed by atoms with E-state index in [4.69, 9.17) is 21.4 Å². The van der Waals surface area contributed by atoms with Gasteiger partial charge in [-0.2, -0.15) is 0 Å². The van der Waals surface area contributed by atoms with Crippen LogP contribution in [-0.4, -0.2) is 28.8 Å². The van der Waals surface area contributed by atoms with Crippen molar-refractivity contribution in [3.8, 4) is 5.75 Å². The van der Waals surface area contributed by atoms with Crippen molar-refractivity contribution in [2.45, 2.75) is 6.42 Å². The molecular weight excluding hydrogens is 390 g/mol. The van der Waals surface area contributed by atoms with Crippen LogP contribution in [0.5, 0.6) is 5.75 Å². The lowest BCUT2D eigenvalue weighted by atomic mass is 10.2. The second-order valence-electron chi connectivity index (χ2n) is 5.56. The van der Waals surface area contributed by atoms with E-state index < -0.39 is 11.9 Å². The molecule has 0 saturated carbocycles. The number of imide groups is 1. The average molecular weight is 404 g/mol. The van der Waals surface area contributed by atoms with Crippen LogP contribution in [0.3, 0.4) is 0 Å². The van der Waals surface area contributed by atoms with Crippen molar-refractivity contribution in [2.24, 2.45) is 0 Å². The minimum atomic E-state index is -0.943. The van der Waals surface area contributed by atoms with Gasteiger partial charge in [0.15, 0.2) is 0 Å². The van der Waals surface area contributed by atoms with Crippen molar-refractivity contribution in [3.05, 3.63) is 64.0 Å². The molecule has 1 fully saturated rings. The quantitative estimate of drug-likeness (QED) is 0.718. The molecule has 0 aliphatic carbocycles. The van der Waals surface area contributed by atoms with Crippen molar-refractivity contribution in [1.82, 2.24) is 0 Å². The SMILES string of the molecule is O=C(O)CCOc1cccc(/C=C2/SC(=O)N(c3ccc(Cl)cc3)C2=O)c1. The number of hydrogen-bond donors (Lipinski definition) is 1. The number of halogens is 1. The molecule has 1 saturated heterocycles. The first-order chi connectivity index (χ1) is 12.9. The Morgan fingerprint density at radius 3 is 2.63 bits per heavy atom. The number of rotatable bonds is 6. The van der Waals surface area contributed by atoms with E-state index in [1.165, 1.54) is 0 Å². The molecule has 2 amide bonds. The fourth-order valence-corrected chi connectivity index (χ4v) is 3.35. The van der Waals surface area contributed by atoms with Crippen molar-refractivity contribution >= 4 is 52.2 Å². The molecule has 6 nitrogen and oxygen atoms in total. The Balaban J connectivity index is 1.77. The molecule has 2 aromatic rings. The summed E-state index contributed by atoms with van der Waals surface area (Å²) in [5, 5.41) is 8.78. The smallest absolute Gasteiger partial charge is 0.306 e. The van der Waals surface area contributed by atoms with Crippen molar-refractivity contribution in [2.75, 3.05) is 11.5 Å². The molecule has 1 N–H and O–H groups in total. The van der Waals surface area contributed by atoms with Gasteiger partial charge in [0.05, 0.1) is 23.6 Å². The summed E-state index contributed by atoms with van der Waals surface area (Å²) in [6.45, 7) is 0.0475. The number of amides is 2. The highest BCUT2D eigenvalue weighted by Gasteiger charge is 2.36. The molecule has 0 radical (unpaired) electrons. The fraction of sp³-hybridized carbons (Fsp3) is 0.105. The van der Waals surface area contributed by atoms with E-state index in [1.807, 2.05) is 0 Å². The van der Waals surface area contributed by atoms with E-state index in [0.717, 1.165) is 16.7 Å². The summed E-state index contributed by atoms with van der Waals surface area (Å²) in [6.07, 6.45) is 1.50. The highest BCUT2D eigenvalue weighted by molar-refractivity contribution is 8.19. The van der Waals surface area contributed by atoms with Crippen LogP contribution in [0, 0.1) is 0 Å². The maximum atomic E-state index is 12.6. The summed E-state index contributed by atoms with van der Waals surface area (Å²) >= 11 is 6.70. The van der Waals surface area contributed by atoms with Crippen LogP contribution < -0.4 is 9.64 Å². The van der Waals surface area contributed by atoms with Crippen LogP contribution in [0.4, 0.5) is 10.5 Å². The Morgan fingerprint density at radius 1 is 1.19 bits per heavy atom. The van der Waals surface area contributed by atoms with E-state index in [0.29, 0.717) is 22.0 Å². The Bertz CT molecular complexity index is 926. The van der Waals surface area contributed by atoms with Gasteiger partial charge < -0.3 is 9.84 Å². The monoisotopic (exact) mass is 403 g/mol. The zero-order chi connectivity index (χ0) is 19.4. The second-order valence-corrected chi connectivity index (χ2v) is 6.99. The summed E-state index contributed by atoms with van der Waals surface area (Å²) in [5.41, 5.74) is 1.13. The molecule has 0 unspecified atom stereocenters. The summed E-state index contributed by atoms with van der Waals surface area (Å²) < 4.78 is 5.38. The standard InChI is InChI=1S/C19H14ClNO5S/c20-13-4-6-14(7-5-13)21-18(24)16(27-19(21)25)11-12-2-1-3-15(10-12)26-9-8-17(22)23/h1-7,10-11H,8-9H2,(H,22,23)/b16-11+. The minimum absolute atomic E-state index is 0.0475. The van der Waals surface area contributed by atoms with Gasteiger partial charge in [-0.3, -0.25) is 14.4 Å². The van der Waals surface area contributed by atoms with Gasteiger partial charge in [-0.05, 0) is 59.8 Å². The van der Waals surface area contributed by atoms with Crippen LogP contribution in [0.25, 0.3) is 6.08 Å². The maximum absolute atomic E-state index is 12.6. The number of carbonyl (C=O) groups is 3. The van der Waals surface area contributed by atoms with E-state index in [1.54, 1.807) is 54.6 Å². The zero-order valence-corrected chi connectivity index (χ0v) is 15.5. The largest absolute Gasteiger partial charge is 0.493 e. The highest BCUT2D eigenvalue weighted by Crippen LogP contribution is 2.36. The number of carboxylic acid groups (broad SMARTS) is 1. The van der Waals surface area contributed by atoms with Crippen molar-refractivity contribution in [1.29, 1.82) is 0 Å². The van der Waals surface area contributed by atoms with Gasteiger partial charge in [0.25, 0.3) is 11.1 Å². The molecular formula is C19H14ClNO5S. The van der Waals surface area contributed by atoms with Crippen LogP contribution >= 0.6 is 23.4 Å². The first-order valence-electron chi connectivity index (χ1n) is 7.92. The Kier molecular flexibility index (Phi) is 5.83. The first-order valence-corrected chi connectivity index (χ1v) is 9.11. The third-order valence-corrected chi connectivity index (χ3v) is 4.74. The summed E-state index contributed by atoms with van der Waals surface area (Å²) in [7, 11) is 0. The fourth-order valence-electron chi connectivity index (χ4n) is 2.38. The number of ether oxygens (including phenoxy) is 1. The van der Waals surface area contributed by atoms with Crippen molar-refractivity contribution < 1.29 is 24.2 Å². The van der Waals surface area contributed by atoms with Crippen LogP contribution in [-0.2, 0) is 9.59 Å². The molecule has 138 valence electrons. The molecule has 0 atom stereocenters. The van der Waals surface area contributed by atoms with Gasteiger partial charge in [-0.1, -0.05) is 23.7 Å². The van der Waals surface area contributed by atoms with E-state index in [9.17, 15) is 14.4 Å². The molecule has 1 heterocycles. The number of thioether (sulfide) groups is 1. The molecule has 1 aliphatic rings. The van der Waals surface area contributed by atoms with E-state index in [2.05, 4.69) is 0 Å². The molecule has 1 aliphatic heterocycles. The number of anilines is 1.